The number of likely N-dealkylation sites (tertiary alicyclic amines) is 1. The first-order valence-electron chi connectivity index (χ1n) is 25.9. The molecular weight excluding hydrogens is 939 g/mol. The van der Waals surface area contributed by atoms with Crippen LogP contribution < -0.4 is 37.2 Å². The molecule has 3 aromatic carbocycles. The number of rotatable bonds is 14. The van der Waals surface area contributed by atoms with Crippen molar-refractivity contribution in [2.45, 2.75) is 153 Å². The van der Waals surface area contributed by atoms with E-state index in [0.29, 0.717) is 23.3 Å². The molecule has 0 radical (unpaired) electrons. The molecule has 2 saturated heterocycles. The summed E-state index contributed by atoms with van der Waals surface area (Å²) in [5.74, 6) is 2.88. The number of carbonyl (C=O) groups is 7. The van der Waals surface area contributed by atoms with E-state index < -0.39 is 67.6 Å². The Morgan fingerprint density at radius 2 is 1.21 bits per heavy atom. The number of nitrogens with one attached hydrogen (secondary N) is 7. The molecule has 3 aromatic rings. The van der Waals surface area contributed by atoms with E-state index in [2.05, 4.69) is 80.4 Å². The zero-order chi connectivity index (χ0) is 52.8. The third-order valence-electron chi connectivity index (χ3n) is 15.1. The van der Waals surface area contributed by atoms with Gasteiger partial charge in [-0.25, -0.2) is 0 Å². The molecule has 0 bridgehead atoms. The molecule has 0 aromatic heterocycles. The van der Waals surface area contributed by atoms with E-state index in [9.17, 15) is 33.6 Å². The summed E-state index contributed by atoms with van der Waals surface area (Å²) in [6.07, 6.45) is 5.88. The lowest BCUT2D eigenvalue weighted by Gasteiger charge is -2.36. The van der Waals surface area contributed by atoms with Gasteiger partial charge in [0.25, 0.3) is 5.91 Å². The molecule has 7 rings (SSSR count). The molecule has 2 heterocycles. The first-order valence-corrected chi connectivity index (χ1v) is 29.3. The second-order valence-corrected chi connectivity index (χ2v) is 27.3. The summed E-state index contributed by atoms with van der Waals surface area (Å²) in [4.78, 5) is 101. The van der Waals surface area contributed by atoms with Crippen LogP contribution in [0.25, 0.3) is 0 Å². The third kappa shape index (κ3) is 13.1. The van der Waals surface area contributed by atoms with Crippen molar-refractivity contribution in [1.82, 2.24) is 47.0 Å². The van der Waals surface area contributed by atoms with Crippen molar-refractivity contribution in [3.05, 3.63) is 106 Å². The minimum absolute atomic E-state index is 0.0192. The smallest absolute Gasteiger partial charge is 0.296 e. The third-order valence-corrected chi connectivity index (χ3v) is 17.7. The second-order valence-electron chi connectivity index (χ2n) is 22.2. The van der Waals surface area contributed by atoms with Gasteiger partial charge in [-0.3, -0.25) is 33.6 Å². The predicted molar refractivity (Wildman–Crippen MR) is 283 cm³/mol. The Morgan fingerprint density at radius 1 is 0.671 bits per heavy atom. The maximum Gasteiger partial charge on any atom is 0.296 e. The summed E-state index contributed by atoms with van der Waals surface area (Å²) in [5, 5.41) is 21.1. The van der Waals surface area contributed by atoms with Crippen molar-refractivity contribution in [3.8, 4) is 11.8 Å². The highest BCUT2D eigenvalue weighted by molar-refractivity contribution is 6.79. The van der Waals surface area contributed by atoms with Gasteiger partial charge < -0.3 is 47.0 Å². The molecule has 73 heavy (non-hydrogen) atoms. The molecule has 16 nitrogen and oxygen atoms in total. The number of benzene rings is 3. The molecule has 2 fully saturated rings. The van der Waals surface area contributed by atoms with Crippen molar-refractivity contribution in [2.24, 2.45) is 5.41 Å². The molecule has 4 aliphatic rings. The molecule has 0 spiro atoms. The number of carbonyl (C=O) groups excluding carboxylic acids is 7. The van der Waals surface area contributed by atoms with Gasteiger partial charge in [0.2, 0.25) is 35.4 Å². The molecule has 2 aliphatic heterocycles. The van der Waals surface area contributed by atoms with E-state index in [0.717, 1.165) is 49.7 Å². The first-order chi connectivity index (χ1) is 34.7. The highest BCUT2D eigenvalue weighted by atomic mass is 28.3. The van der Waals surface area contributed by atoms with Crippen molar-refractivity contribution in [3.63, 3.8) is 0 Å². The fourth-order valence-electron chi connectivity index (χ4n) is 10.7. The Labute approximate surface area is 431 Å². The highest BCUT2D eigenvalue weighted by Crippen LogP contribution is 2.35. The zero-order valence-corrected chi connectivity index (χ0v) is 44.9. The minimum atomic E-state index is -2.05. The van der Waals surface area contributed by atoms with Crippen LogP contribution in [0.5, 0.6) is 0 Å². The lowest BCUT2D eigenvalue weighted by atomic mass is 9.85. The number of amides is 7. The fourth-order valence-corrected chi connectivity index (χ4v) is 13.6. The van der Waals surface area contributed by atoms with Crippen LogP contribution in [0.15, 0.2) is 72.8 Å². The van der Waals surface area contributed by atoms with Crippen LogP contribution in [-0.4, -0.2) is 122 Å². The topological polar surface area (TPSA) is 210 Å². The van der Waals surface area contributed by atoms with Crippen LogP contribution in [0.4, 0.5) is 0 Å². The van der Waals surface area contributed by atoms with E-state index in [1.54, 1.807) is 57.1 Å². The van der Waals surface area contributed by atoms with Crippen LogP contribution in [-0.2, 0) is 46.4 Å². The number of nitrogens with zero attached hydrogens (tertiary/aromatic N) is 2. The van der Waals surface area contributed by atoms with Gasteiger partial charge in [0.1, 0.15) is 24.2 Å². The van der Waals surface area contributed by atoms with E-state index in [-0.39, 0.29) is 54.6 Å². The molecule has 9 atom stereocenters. The Bertz CT molecular complexity index is 2620. The normalized spacial score (nSPS) is 22.7. The molecule has 0 saturated carbocycles. The van der Waals surface area contributed by atoms with Crippen molar-refractivity contribution in [1.29, 1.82) is 0 Å². The Kier molecular flexibility index (Phi) is 17.3. The number of fused-ring (bicyclic) bond motifs is 2. The standard InChI is InChI=1S/C56H75N9O7Si/c1-34(57-6)50(67)62-48(54(71)65-33-73(8,9)32-46(65)53(70)61-44-23-15-19-38-17-11-13-21-42(38)44)39-27-24-36(25-28-39)26-29-47(66)59-40-30-45(52(69)60-43-22-14-18-37-16-10-12-20-41(37)43)64(31-40)55(72)49(56(3,4)5)63-51(68)35(2)58-7/h10-13,16-17,20-21,24-25,27-28,34-35,40,43-46,48-49,57-58H,14-15,18-19,22-23,30-33H2,1-9H3,(H,59,66)(H,60,69)(H,61,70)(H,62,67)(H,63,68). The quantitative estimate of drug-likeness (QED) is 0.0923. The van der Waals surface area contributed by atoms with E-state index in [4.69, 9.17) is 0 Å². The maximum absolute atomic E-state index is 14.8. The van der Waals surface area contributed by atoms with E-state index >= 15 is 0 Å². The van der Waals surface area contributed by atoms with Crippen molar-refractivity contribution >= 4 is 49.4 Å². The van der Waals surface area contributed by atoms with Crippen LogP contribution in [0, 0.1) is 17.3 Å². The summed E-state index contributed by atoms with van der Waals surface area (Å²) in [6, 6.07) is 17.6. The van der Waals surface area contributed by atoms with Crippen LogP contribution in [0.2, 0.25) is 19.1 Å². The van der Waals surface area contributed by atoms with Crippen molar-refractivity contribution < 1.29 is 33.6 Å². The number of likely N-dealkylation sites (N-methyl/N-ethyl adjacent to an activating group) is 2. The van der Waals surface area contributed by atoms with Gasteiger partial charge in [0.15, 0.2) is 0 Å². The zero-order valence-electron chi connectivity index (χ0n) is 43.9. The molecule has 2 aliphatic carbocycles. The fraction of sp³-hybridized carbons (Fsp3) is 0.518. The average Bonchev–Trinajstić information content (AvgIpc) is 3.95. The van der Waals surface area contributed by atoms with Crippen LogP contribution >= 0.6 is 0 Å². The van der Waals surface area contributed by atoms with Gasteiger partial charge in [-0.05, 0) is 124 Å². The van der Waals surface area contributed by atoms with Gasteiger partial charge in [0, 0.05) is 30.2 Å². The Hall–Kier alpha value is -6.35. The van der Waals surface area contributed by atoms with Gasteiger partial charge in [0.05, 0.1) is 32.2 Å². The maximum atomic E-state index is 14.8. The monoisotopic (exact) mass is 1010 g/mol. The summed E-state index contributed by atoms with van der Waals surface area (Å²) in [6.45, 7) is 13.3. The molecule has 9 unspecified atom stereocenters. The highest BCUT2D eigenvalue weighted by Gasteiger charge is 2.48. The first kappa shape index (κ1) is 54.4. The van der Waals surface area contributed by atoms with E-state index in [1.807, 2.05) is 51.1 Å². The SMILES string of the molecule is CNC(C)C(=O)NC(C(=O)N1C[Si](C)(C)CC1C(=O)NC1CCCc2ccccc21)c1ccc(C#CC(=O)NC2CC(C(=O)NC3CCCc4ccccc43)N(C(=O)C(NC(=O)C(C)NC)C(C)(C)C)C2)cc1. The van der Waals surface area contributed by atoms with Gasteiger partial charge in [-0.2, -0.15) is 0 Å². The molecule has 17 heteroatoms. The Balaban J connectivity index is 1.07. The summed E-state index contributed by atoms with van der Waals surface area (Å²) >= 11 is 0. The molecule has 390 valence electrons. The van der Waals surface area contributed by atoms with Crippen LogP contribution in [0.3, 0.4) is 0 Å². The molecule has 7 amide bonds. The Morgan fingerprint density at radius 3 is 1.75 bits per heavy atom. The summed E-state index contributed by atoms with van der Waals surface area (Å²) in [7, 11) is 1.28. The van der Waals surface area contributed by atoms with Gasteiger partial charge >= 0.3 is 0 Å². The molecular formula is C56H75N9O7Si. The van der Waals surface area contributed by atoms with Crippen LogP contribution in [0.1, 0.15) is 118 Å². The molecule has 7 N–H and O–H groups in total. The summed E-state index contributed by atoms with van der Waals surface area (Å²) < 4.78 is 0. The average molecular weight is 1010 g/mol. The van der Waals surface area contributed by atoms with E-state index in [1.165, 1.54) is 16.0 Å². The van der Waals surface area contributed by atoms with Gasteiger partial charge in [-0.15, -0.1) is 0 Å². The lowest BCUT2D eigenvalue weighted by Crippen LogP contribution is -2.59. The lowest BCUT2D eigenvalue weighted by molar-refractivity contribution is -0.144. The van der Waals surface area contributed by atoms with Crippen molar-refractivity contribution in [2.75, 3.05) is 26.8 Å². The van der Waals surface area contributed by atoms with Gasteiger partial charge in [-0.1, -0.05) is 100 Å². The number of aryl methyl sites for hydroxylation is 2. The summed E-state index contributed by atoms with van der Waals surface area (Å²) in [5.41, 5.74) is 4.80. The predicted octanol–water partition coefficient (Wildman–Crippen LogP) is 3.87. The minimum Gasteiger partial charge on any atom is -0.348 e. The number of hydrogen-bond donors (Lipinski definition) is 7. The number of hydrogen-bond acceptors (Lipinski definition) is 9. The second kappa shape index (κ2) is 23.2. The largest absolute Gasteiger partial charge is 0.348 e.